The second-order valence-electron chi connectivity index (χ2n) is 4.20. The molecule has 1 rings (SSSR count). The van der Waals surface area contributed by atoms with Gasteiger partial charge < -0.3 is 10.4 Å². The molecule has 2 N–H and O–H groups in total. The normalized spacial score (nSPS) is 15.9. The van der Waals surface area contributed by atoms with Crippen molar-refractivity contribution in [1.82, 2.24) is 5.32 Å². The molecule has 0 aliphatic rings. The van der Waals surface area contributed by atoms with E-state index in [2.05, 4.69) is 5.32 Å². The van der Waals surface area contributed by atoms with E-state index < -0.39 is 11.9 Å². The van der Waals surface area contributed by atoms with Gasteiger partial charge in [0.05, 0.1) is 11.8 Å². The SMILES string of the molecule is CC(C(=O)NC(C)C(C)C(=O)O)c1ccsc1. The van der Waals surface area contributed by atoms with Crippen LogP contribution < -0.4 is 5.32 Å². The first-order chi connectivity index (χ1) is 7.93. The molecule has 17 heavy (non-hydrogen) atoms. The van der Waals surface area contributed by atoms with Crippen LogP contribution in [0.5, 0.6) is 0 Å². The van der Waals surface area contributed by atoms with E-state index >= 15 is 0 Å². The summed E-state index contributed by atoms with van der Waals surface area (Å²) in [5.74, 6) is -1.87. The van der Waals surface area contributed by atoms with Crippen molar-refractivity contribution in [3.63, 3.8) is 0 Å². The number of thiophene rings is 1. The molecule has 0 saturated heterocycles. The molecule has 0 radical (unpaired) electrons. The number of hydrogen-bond acceptors (Lipinski definition) is 3. The van der Waals surface area contributed by atoms with Crippen LogP contribution in [0.25, 0.3) is 0 Å². The second-order valence-corrected chi connectivity index (χ2v) is 4.98. The molecule has 0 fully saturated rings. The number of rotatable bonds is 5. The lowest BCUT2D eigenvalue weighted by Crippen LogP contribution is -2.41. The zero-order valence-electron chi connectivity index (χ0n) is 10.1. The molecule has 94 valence electrons. The van der Waals surface area contributed by atoms with Crippen molar-refractivity contribution in [3.8, 4) is 0 Å². The zero-order chi connectivity index (χ0) is 13.0. The van der Waals surface area contributed by atoms with E-state index in [0.717, 1.165) is 5.56 Å². The highest BCUT2D eigenvalue weighted by Gasteiger charge is 2.23. The zero-order valence-corrected chi connectivity index (χ0v) is 11.0. The maximum atomic E-state index is 11.9. The summed E-state index contributed by atoms with van der Waals surface area (Å²) in [5.41, 5.74) is 0.961. The molecule has 1 aromatic rings. The molecule has 0 saturated carbocycles. The van der Waals surface area contributed by atoms with Crippen LogP contribution in [0, 0.1) is 5.92 Å². The lowest BCUT2D eigenvalue weighted by Gasteiger charge is -2.20. The summed E-state index contributed by atoms with van der Waals surface area (Å²) in [7, 11) is 0. The molecule has 0 bridgehead atoms. The first-order valence-corrected chi connectivity index (χ1v) is 6.43. The van der Waals surface area contributed by atoms with Crippen molar-refractivity contribution in [1.29, 1.82) is 0 Å². The average molecular weight is 255 g/mol. The second kappa shape index (κ2) is 5.82. The first-order valence-electron chi connectivity index (χ1n) is 5.48. The number of aliphatic carboxylic acids is 1. The predicted octanol–water partition coefficient (Wildman–Crippen LogP) is 2.08. The summed E-state index contributed by atoms with van der Waals surface area (Å²) in [6.45, 7) is 5.11. The van der Waals surface area contributed by atoms with Gasteiger partial charge in [0.15, 0.2) is 0 Å². The maximum Gasteiger partial charge on any atom is 0.308 e. The summed E-state index contributed by atoms with van der Waals surface area (Å²) >= 11 is 1.54. The molecule has 1 aromatic heterocycles. The number of amides is 1. The number of carbonyl (C=O) groups is 2. The Morgan fingerprint density at radius 3 is 2.47 bits per heavy atom. The summed E-state index contributed by atoms with van der Waals surface area (Å²) < 4.78 is 0. The quantitative estimate of drug-likeness (QED) is 0.846. The van der Waals surface area contributed by atoms with Gasteiger partial charge in [0.2, 0.25) is 5.91 Å². The van der Waals surface area contributed by atoms with Crippen molar-refractivity contribution < 1.29 is 14.7 Å². The largest absolute Gasteiger partial charge is 0.481 e. The Morgan fingerprint density at radius 1 is 1.35 bits per heavy atom. The Labute approximate surface area is 105 Å². The van der Waals surface area contributed by atoms with E-state index in [1.54, 1.807) is 25.2 Å². The molecule has 0 spiro atoms. The van der Waals surface area contributed by atoms with E-state index in [4.69, 9.17) is 5.11 Å². The van der Waals surface area contributed by atoms with Crippen LogP contribution in [0.2, 0.25) is 0 Å². The van der Waals surface area contributed by atoms with Crippen LogP contribution in [0.4, 0.5) is 0 Å². The van der Waals surface area contributed by atoms with Crippen LogP contribution in [0.3, 0.4) is 0 Å². The lowest BCUT2D eigenvalue weighted by atomic mass is 10.0. The molecule has 4 nitrogen and oxygen atoms in total. The highest BCUT2D eigenvalue weighted by atomic mass is 32.1. The summed E-state index contributed by atoms with van der Waals surface area (Å²) in [4.78, 5) is 22.7. The summed E-state index contributed by atoms with van der Waals surface area (Å²) in [5, 5.41) is 15.4. The highest BCUT2D eigenvalue weighted by molar-refractivity contribution is 7.08. The van der Waals surface area contributed by atoms with Crippen LogP contribution in [-0.4, -0.2) is 23.0 Å². The molecule has 3 unspecified atom stereocenters. The van der Waals surface area contributed by atoms with Gasteiger partial charge in [0.25, 0.3) is 0 Å². The van der Waals surface area contributed by atoms with E-state index in [-0.39, 0.29) is 17.9 Å². The Balaban J connectivity index is 2.58. The minimum Gasteiger partial charge on any atom is -0.481 e. The van der Waals surface area contributed by atoms with E-state index in [1.807, 2.05) is 23.8 Å². The third kappa shape index (κ3) is 3.56. The Bertz CT molecular complexity index is 388. The number of nitrogens with one attached hydrogen (secondary N) is 1. The minimum absolute atomic E-state index is 0.135. The third-order valence-corrected chi connectivity index (χ3v) is 3.65. The van der Waals surface area contributed by atoms with Crippen molar-refractivity contribution >= 4 is 23.2 Å². The number of carboxylic acids is 1. The summed E-state index contributed by atoms with van der Waals surface area (Å²) in [6, 6.07) is 1.53. The van der Waals surface area contributed by atoms with Crippen LogP contribution in [0.15, 0.2) is 16.8 Å². The van der Waals surface area contributed by atoms with Crippen LogP contribution >= 0.6 is 11.3 Å². The third-order valence-electron chi connectivity index (χ3n) is 2.95. The van der Waals surface area contributed by atoms with Gasteiger partial charge in [-0.05, 0) is 43.2 Å². The average Bonchev–Trinajstić information content (AvgIpc) is 2.79. The van der Waals surface area contributed by atoms with E-state index in [0.29, 0.717) is 0 Å². The van der Waals surface area contributed by atoms with Crippen molar-refractivity contribution in [2.75, 3.05) is 0 Å². The molecule has 1 heterocycles. The molecule has 1 amide bonds. The molecule has 0 aliphatic heterocycles. The van der Waals surface area contributed by atoms with Gasteiger partial charge in [0, 0.05) is 6.04 Å². The molecule has 5 heteroatoms. The van der Waals surface area contributed by atoms with E-state index in [9.17, 15) is 9.59 Å². The number of carbonyl (C=O) groups excluding carboxylic acids is 1. The maximum absolute atomic E-state index is 11.9. The van der Waals surface area contributed by atoms with Gasteiger partial charge in [-0.1, -0.05) is 0 Å². The lowest BCUT2D eigenvalue weighted by molar-refractivity contribution is -0.142. The smallest absolute Gasteiger partial charge is 0.308 e. The van der Waals surface area contributed by atoms with Gasteiger partial charge in [-0.15, -0.1) is 0 Å². The van der Waals surface area contributed by atoms with Gasteiger partial charge >= 0.3 is 5.97 Å². The fraction of sp³-hybridized carbons (Fsp3) is 0.500. The molecular formula is C12H17NO3S. The topological polar surface area (TPSA) is 66.4 Å². The predicted molar refractivity (Wildman–Crippen MR) is 67.1 cm³/mol. The fourth-order valence-electron chi connectivity index (χ4n) is 1.36. The number of hydrogen-bond donors (Lipinski definition) is 2. The Hall–Kier alpha value is -1.36. The standard InChI is InChI=1S/C12H17NO3S/c1-7(12(15)16)9(3)13-11(14)8(2)10-4-5-17-6-10/h4-9H,1-3H3,(H,13,14)(H,15,16). The van der Waals surface area contributed by atoms with Gasteiger partial charge in [-0.2, -0.15) is 11.3 Å². The molecule has 0 aliphatic carbocycles. The minimum atomic E-state index is -0.902. The molecule has 3 atom stereocenters. The summed E-state index contributed by atoms with van der Waals surface area (Å²) in [6.07, 6.45) is 0. The fourth-order valence-corrected chi connectivity index (χ4v) is 2.12. The van der Waals surface area contributed by atoms with Gasteiger partial charge in [-0.3, -0.25) is 9.59 Å². The van der Waals surface area contributed by atoms with Crippen molar-refractivity contribution in [2.24, 2.45) is 5.92 Å². The first kappa shape index (κ1) is 13.7. The number of carboxylic acid groups (broad SMARTS) is 1. The van der Waals surface area contributed by atoms with Crippen molar-refractivity contribution in [2.45, 2.75) is 32.7 Å². The van der Waals surface area contributed by atoms with Crippen molar-refractivity contribution in [3.05, 3.63) is 22.4 Å². The van der Waals surface area contributed by atoms with Gasteiger partial charge in [0.1, 0.15) is 0 Å². The van der Waals surface area contributed by atoms with Crippen LogP contribution in [-0.2, 0) is 9.59 Å². The Kier molecular flexibility index (Phi) is 4.69. The van der Waals surface area contributed by atoms with Gasteiger partial charge in [-0.25, -0.2) is 0 Å². The Morgan fingerprint density at radius 2 is 2.00 bits per heavy atom. The molecule has 0 aromatic carbocycles. The molecular weight excluding hydrogens is 238 g/mol. The van der Waals surface area contributed by atoms with Crippen LogP contribution in [0.1, 0.15) is 32.3 Å². The highest BCUT2D eigenvalue weighted by Crippen LogP contribution is 2.18. The van der Waals surface area contributed by atoms with E-state index in [1.165, 1.54) is 0 Å². The monoisotopic (exact) mass is 255 g/mol.